The first-order chi connectivity index (χ1) is 13.2. The molecule has 0 saturated heterocycles. The molecule has 0 aliphatic carbocycles. The molecule has 0 saturated carbocycles. The number of esters is 1. The highest BCUT2D eigenvalue weighted by Gasteiger charge is 2.29. The average molecular weight is 432 g/mol. The quantitative estimate of drug-likeness (QED) is 0.516. The summed E-state index contributed by atoms with van der Waals surface area (Å²) in [4.78, 5) is 36.0. The van der Waals surface area contributed by atoms with E-state index in [9.17, 15) is 27.6 Å². The zero-order valence-corrected chi connectivity index (χ0v) is 15.9. The van der Waals surface area contributed by atoms with Crippen molar-refractivity contribution in [2.24, 2.45) is 0 Å². The van der Waals surface area contributed by atoms with Crippen molar-refractivity contribution in [1.29, 1.82) is 0 Å². The molecule has 2 N–H and O–H groups in total. The average Bonchev–Trinajstić information content (AvgIpc) is 3.12. The number of rotatable bonds is 7. The summed E-state index contributed by atoms with van der Waals surface area (Å²) in [5.41, 5.74) is -4.44. The molecule has 6 nitrogen and oxygen atoms in total. The summed E-state index contributed by atoms with van der Waals surface area (Å²) in [6.45, 7) is -0.363. The third-order valence-corrected chi connectivity index (χ3v) is 4.82. The first-order valence-electron chi connectivity index (χ1n) is 7.86. The minimum absolute atomic E-state index is 0.0141. The number of thioether (sulfide) groups is 1. The molecule has 2 rings (SSSR count). The number of imide groups is 1. The summed E-state index contributed by atoms with van der Waals surface area (Å²) in [5, 5.41) is 6.42. The van der Waals surface area contributed by atoms with E-state index in [1.54, 1.807) is 11.3 Å². The predicted molar refractivity (Wildman–Crippen MR) is 98.2 cm³/mol. The Kier molecular flexibility index (Phi) is 7.88. The maximum absolute atomic E-state index is 12.3. The number of carbonyl (C=O) groups excluding carboxylic acids is 3. The molecule has 1 aromatic heterocycles. The Morgan fingerprint density at radius 1 is 1.11 bits per heavy atom. The van der Waals surface area contributed by atoms with Crippen LogP contribution in [0.15, 0.2) is 46.7 Å². The lowest BCUT2D eigenvalue weighted by Gasteiger charge is -2.08. The lowest BCUT2D eigenvalue weighted by molar-refractivity contribution is -0.123. The maximum atomic E-state index is 12.3. The van der Waals surface area contributed by atoms with Gasteiger partial charge < -0.3 is 10.1 Å². The minimum Gasteiger partial charge on any atom is -0.452 e. The molecule has 0 spiro atoms. The number of halogens is 3. The summed E-state index contributed by atoms with van der Waals surface area (Å²) >= 11 is 1.24. The monoisotopic (exact) mass is 432 g/mol. The molecule has 0 atom stereocenters. The maximum Gasteiger partial charge on any atom is 0.446 e. The first kappa shape index (κ1) is 21.8. The van der Waals surface area contributed by atoms with Crippen LogP contribution in [0.2, 0.25) is 0 Å². The topological polar surface area (TPSA) is 84.5 Å². The van der Waals surface area contributed by atoms with Crippen molar-refractivity contribution in [1.82, 2.24) is 10.6 Å². The molecule has 0 aliphatic heterocycles. The number of nitrogens with one attached hydrogen (secondary N) is 2. The smallest absolute Gasteiger partial charge is 0.446 e. The highest BCUT2D eigenvalue weighted by atomic mass is 32.2. The van der Waals surface area contributed by atoms with Crippen LogP contribution >= 0.6 is 23.1 Å². The number of alkyl halides is 3. The van der Waals surface area contributed by atoms with Gasteiger partial charge in [0.1, 0.15) is 0 Å². The molecule has 11 heteroatoms. The summed E-state index contributed by atoms with van der Waals surface area (Å²) in [7, 11) is 0. The van der Waals surface area contributed by atoms with Crippen molar-refractivity contribution in [3.05, 3.63) is 52.2 Å². The van der Waals surface area contributed by atoms with Gasteiger partial charge in [0.05, 0.1) is 5.56 Å². The Balaban J connectivity index is 1.69. The van der Waals surface area contributed by atoms with Crippen LogP contribution in [0.1, 0.15) is 15.2 Å². The molecule has 1 heterocycles. The van der Waals surface area contributed by atoms with Crippen LogP contribution in [0.3, 0.4) is 0 Å². The predicted octanol–water partition coefficient (Wildman–Crippen LogP) is 3.59. The van der Waals surface area contributed by atoms with Gasteiger partial charge in [0.2, 0.25) is 0 Å². The second-order valence-electron chi connectivity index (χ2n) is 5.28. The zero-order chi connectivity index (χ0) is 20.6. The van der Waals surface area contributed by atoms with Crippen molar-refractivity contribution in [3.63, 3.8) is 0 Å². The number of hydrogen-bond donors (Lipinski definition) is 2. The normalized spacial score (nSPS) is 11.0. The summed E-state index contributed by atoms with van der Waals surface area (Å²) in [6, 6.07) is 7.65. The molecule has 1 aromatic carbocycles. The van der Waals surface area contributed by atoms with E-state index in [0.717, 1.165) is 29.1 Å². The van der Waals surface area contributed by atoms with Gasteiger partial charge in [0.25, 0.3) is 5.91 Å². The van der Waals surface area contributed by atoms with E-state index in [1.807, 2.05) is 22.8 Å². The van der Waals surface area contributed by atoms with Crippen LogP contribution in [0.4, 0.5) is 18.0 Å². The van der Waals surface area contributed by atoms with E-state index in [0.29, 0.717) is 13.0 Å². The number of urea groups is 1. The minimum atomic E-state index is -4.43. The molecule has 0 fully saturated rings. The summed E-state index contributed by atoms with van der Waals surface area (Å²) in [6.07, 6.45) is 0.622. The van der Waals surface area contributed by atoms with Crippen LogP contribution in [0, 0.1) is 0 Å². The Labute approximate surface area is 166 Å². The Morgan fingerprint density at radius 2 is 1.82 bits per heavy atom. The lowest BCUT2D eigenvalue weighted by Crippen LogP contribution is -2.42. The van der Waals surface area contributed by atoms with Crippen LogP contribution in [-0.4, -0.2) is 36.6 Å². The number of hydrogen-bond acceptors (Lipinski definition) is 6. The molecular formula is C17H15F3N2O4S2. The van der Waals surface area contributed by atoms with Gasteiger partial charge >= 0.3 is 17.5 Å². The molecule has 0 aliphatic rings. The molecular weight excluding hydrogens is 417 g/mol. The van der Waals surface area contributed by atoms with E-state index < -0.39 is 30.0 Å². The molecule has 0 bridgehead atoms. The fourth-order valence-corrected chi connectivity index (χ4v) is 3.22. The van der Waals surface area contributed by atoms with Crippen molar-refractivity contribution in [2.45, 2.75) is 16.8 Å². The van der Waals surface area contributed by atoms with Crippen LogP contribution < -0.4 is 10.6 Å². The van der Waals surface area contributed by atoms with Gasteiger partial charge in [-0.25, -0.2) is 9.59 Å². The van der Waals surface area contributed by atoms with Gasteiger partial charge in [0, 0.05) is 16.3 Å². The van der Waals surface area contributed by atoms with Crippen LogP contribution in [0.25, 0.3) is 0 Å². The van der Waals surface area contributed by atoms with E-state index in [4.69, 9.17) is 4.74 Å². The van der Waals surface area contributed by atoms with Crippen LogP contribution in [0.5, 0.6) is 0 Å². The fourth-order valence-electron chi connectivity index (χ4n) is 1.97. The van der Waals surface area contributed by atoms with Gasteiger partial charge in [-0.2, -0.15) is 13.2 Å². The van der Waals surface area contributed by atoms with E-state index in [1.165, 1.54) is 0 Å². The number of ether oxygens (including phenoxy) is 1. The van der Waals surface area contributed by atoms with Crippen molar-refractivity contribution in [3.8, 4) is 0 Å². The third-order valence-electron chi connectivity index (χ3n) is 3.15. The number of amides is 3. The highest BCUT2D eigenvalue weighted by molar-refractivity contribution is 8.00. The summed E-state index contributed by atoms with van der Waals surface area (Å²) in [5.74, 6) is -1.72. The van der Waals surface area contributed by atoms with E-state index >= 15 is 0 Å². The van der Waals surface area contributed by atoms with Gasteiger partial charge in [-0.15, -0.1) is 11.3 Å². The SMILES string of the molecule is O=C(COC(=O)c1ccc(SC(F)(F)F)cc1)NC(=O)NCCc1cccs1. The van der Waals surface area contributed by atoms with Crippen molar-refractivity contribution in [2.75, 3.05) is 13.2 Å². The van der Waals surface area contributed by atoms with Crippen molar-refractivity contribution >= 4 is 41.0 Å². The lowest BCUT2D eigenvalue weighted by atomic mass is 10.2. The Morgan fingerprint density at radius 3 is 2.43 bits per heavy atom. The first-order valence-corrected chi connectivity index (χ1v) is 9.55. The molecule has 2 aromatic rings. The number of benzene rings is 1. The van der Waals surface area contributed by atoms with Crippen molar-refractivity contribution < 1.29 is 32.3 Å². The fraction of sp³-hybridized carbons (Fsp3) is 0.235. The Bertz CT molecular complexity index is 809. The van der Waals surface area contributed by atoms with Gasteiger partial charge in [0.15, 0.2) is 6.61 Å². The number of carbonyl (C=O) groups is 3. The molecule has 0 unspecified atom stereocenters. The zero-order valence-electron chi connectivity index (χ0n) is 14.2. The molecule has 3 amide bonds. The number of thiophene rings is 1. The second kappa shape index (κ2) is 10.1. The highest BCUT2D eigenvalue weighted by Crippen LogP contribution is 2.36. The van der Waals surface area contributed by atoms with E-state index in [2.05, 4.69) is 5.32 Å². The van der Waals surface area contributed by atoms with Crippen LogP contribution in [-0.2, 0) is 16.0 Å². The molecule has 0 radical (unpaired) electrons. The Hall–Kier alpha value is -2.53. The van der Waals surface area contributed by atoms with Gasteiger partial charge in [-0.1, -0.05) is 6.07 Å². The second-order valence-corrected chi connectivity index (χ2v) is 7.45. The van der Waals surface area contributed by atoms with Gasteiger partial charge in [-0.3, -0.25) is 10.1 Å². The molecule has 150 valence electrons. The largest absolute Gasteiger partial charge is 0.452 e. The third kappa shape index (κ3) is 8.01. The molecule has 28 heavy (non-hydrogen) atoms. The standard InChI is InChI=1S/C17H15F3N2O4S2/c18-17(19,20)28-13-5-3-11(4-6-13)15(24)26-10-14(23)22-16(25)21-8-7-12-2-1-9-27-12/h1-6,9H,7-8,10H2,(H2,21,22,23,25). The summed E-state index contributed by atoms with van der Waals surface area (Å²) < 4.78 is 41.5. The van der Waals surface area contributed by atoms with E-state index in [-0.39, 0.29) is 22.2 Å². The van der Waals surface area contributed by atoms with Gasteiger partial charge in [-0.05, 0) is 53.9 Å².